The molecule has 3 nitrogen and oxygen atoms in total. The Balaban J connectivity index is 2.10. The van der Waals surface area contributed by atoms with Crippen LogP contribution in [0.5, 0.6) is 0 Å². The van der Waals surface area contributed by atoms with E-state index in [1.54, 1.807) is 0 Å². The Morgan fingerprint density at radius 1 is 1.53 bits per heavy atom. The highest BCUT2D eigenvalue weighted by Crippen LogP contribution is 2.26. The molecule has 0 spiro atoms. The number of nitrogen functional groups attached to an aromatic ring is 1. The molecule has 0 bridgehead atoms. The molecule has 2 atom stereocenters. The van der Waals surface area contributed by atoms with Crippen molar-refractivity contribution in [1.29, 1.82) is 0 Å². The first kappa shape index (κ1) is 10.8. The first-order chi connectivity index (χ1) is 7.16. The van der Waals surface area contributed by atoms with E-state index in [-0.39, 0.29) is 6.10 Å². The van der Waals surface area contributed by atoms with Crippen LogP contribution in [0.3, 0.4) is 0 Å². The fourth-order valence-corrected chi connectivity index (χ4v) is 2.16. The molecule has 1 aliphatic heterocycles. The largest absolute Gasteiger partial charge is 0.397 e. The highest BCUT2D eigenvalue weighted by Gasteiger charge is 2.24. The molecular formula is C11H15BrN2O. The summed E-state index contributed by atoms with van der Waals surface area (Å²) >= 11 is 3.39. The maximum absolute atomic E-state index is 5.91. The molecule has 2 unspecified atom stereocenters. The summed E-state index contributed by atoms with van der Waals surface area (Å²) in [5.41, 5.74) is 7.67. The topological polar surface area (TPSA) is 47.3 Å². The summed E-state index contributed by atoms with van der Waals surface area (Å²) in [7, 11) is 0. The number of rotatable bonds is 2. The van der Waals surface area contributed by atoms with E-state index < -0.39 is 0 Å². The van der Waals surface area contributed by atoms with Crippen molar-refractivity contribution in [2.24, 2.45) is 0 Å². The lowest BCUT2D eigenvalue weighted by atomic mass is 10.1. The van der Waals surface area contributed by atoms with Crippen LogP contribution in [0.2, 0.25) is 0 Å². The number of halogens is 1. The van der Waals surface area contributed by atoms with Gasteiger partial charge < -0.3 is 15.8 Å². The van der Waals surface area contributed by atoms with E-state index in [0.717, 1.165) is 28.9 Å². The molecule has 82 valence electrons. The molecule has 0 radical (unpaired) electrons. The fourth-order valence-electron chi connectivity index (χ4n) is 1.79. The molecule has 0 aromatic heterocycles. The van der Waals surface area contributed by atoms with Crippen LogP contribution >= 0.6 is 15.9 Å². The quantitative estimate of drug-likeness (QED) is 0.813. The average Bonchev–Trinajstić information content (AvgIpc) is 2.57. The zero-order valence-electron chi connectivity index (χ0n) is 8.66. The van der Waals surface area contributed by atoms with E-state index in [1.165, 1.54) is 0 Å². The van der Waals surface area contributed by atoms with Crippen molar-refractivity contribution in [1.82, 2.24) is 0 Å². The molecule has 1 saturated heterocycles. The minimum Gasteiger partial charge on any atom is -0.397 e. The van der Waals surface area contributed by atoms with Gasteiger partial charge >= 0.3 is 0 Å². The Bertz CT molecular complexity index is 356. The Morgan fingerprint density at radius 2 is 2.33 bits per heavy atom. The van der Waals surface area contributed by atoms with Crippen LogP contribution in [-0.4, -0.2) is 18.8 Å². The van der Waals surface area contributed by atoms with Gasteiger partial charge in [-0.3, -0.25) is 0 Å². The summed E-state index contributed by atoms with van der Waals surface area (Å²) in [4.78, 5) is 0. The van der Waals surface area contributed by atoms with Gasteiger partial charge in [0.25, 0.3) is 0 Å². The summed E-state index contributed by atoms with van der Waals surface area (Å²) in [6, 6.07) is 6.25. The molecule has 1 fully saturated rings. The van der Waals surface area contributed by atoms with Gasteiger partial charge in [0, 0.05) is 11.1 Å². The normalized spacial score (nSPS) is 25.5. The minimum absolute atomic E-state index is 0.257. The Hall–Kier alpha value is -0.740. The van der Waals surface area contributed by atoms with E-state index in [0.29, 0.717) is 6.04 Å². The van der Waals surface area contributed by atoms with E-state index in [1.807, 2.05) is 18.2 Å². The fraction of sp³-hybridized carbons (Fsp3) is 0.455. The Kier molecular flexibility index (Phi) is 3.17. The molecule has 0 saturated carbocycles. The second-order valence-electron chi connectivity index (χ2n) is 3.85. The highest BCUT2D eigenvalue weighted by atomic mass is 79.9. The lowest BCUT2D eigenvalue weighted by molar-refractivity contribution is 0.121. The van der Waals surface area contributed by atoms with E-state index in [9.17, 15) is 0 Å². The van der Waals surface area contributed by atoms with Crippen LogP contribution in [-0.2, 0) is 4.74 Å². The SMILES string of the molecule is CC1OCCC1Nc1ccc(Br)cc1N. The van der Waals surface area contributed by atoms with Crippen molar-refractivity contribution >= 4 is 27.3 Å². The smallest absolute Gasteiger partial charge is 0.0748 e. The third-order valence-electron chi connectivity index (χ3n) is 2.73. The number of benzene rings is 1. The van der Waals surface area contributed by atoms with Gasteiger partial charge in [0.1, 0.15) is 0 Å². The number of hydrogen-bond acceptors (Lipinski definition) is 3. The summed E-state index contributed by atoms with van der Waals surface area (Å²) in [5.74, 6) is 0. The molecule has 15 heavy (non-hydrogen) atoms. The van der Waals surface area contributed by atoms with Crippen molar-refractivity contribution in [3.05, 3.63) is 22.7 Å². The minimum atomic E-state index is 0.257. The molecule has 1 aromatic carbocycles. The average molecular weight is 271 g/mol. The standard InChI is InChI=1S/C11H15BrN2O/c1-7-10(4-5-15-7)14-11-3-2-8(12)6-9(11)13/h2-3,6-7,10,14H,4-5,13H2,1H3. The monoisotopic (exact) mass is 270 g/mol. The Morgan fingerprint density at radius 3 is 2.93 bits per heavy atom. The predicted octanol–water partition coefficient (Wildman–Crippen LogP) is 2.62. The molecule has 4 heteroatoms. The van der Waals surface area contributed by atoms with Gasteiger partial charge in [-0.05, 0) is 31.5 Å². The number of anilines is 2. The van der Waals surface area contributed by atoms with Crippen molar-refractivity contribution in [2.45, 2.75) is 25.5 Å². The summed E-state index contributed by atoms with van der Waals surface area (Å²) in [6.07, 6.45) is 1.30. The second-order valence-corrected chi connectivity index (χ2v) is 4.76. The van der Waals surface area contributed by atoms with Crippen LogP contribution in [0.4, 0.5) is 11.4 Å². The van der Waals surface area contributed by atoms with Gasteiger partial charge in [-0.1, -0.05) is 15.9 Å². The zero-order chi connectivity index (χ0) is 10.8. The van der Waals surface area contributed by atoms with Crippen LogP contribution < -0.4 is 11.1 Å². The molecule has 2 rings (SSSR count). The second kappa shape index (κ2) is 4.41. The van der Waals surface area contributed by atoms with E-state index in [2.05, 4.69) is 28.2 Å². The third kappa shape index (κ3) is 2.44. The summed E-state index contributed by atoms with van der Waals surface area (Å²) < 4.78 is 6.49. The third-order valence-corrected chi connectivity index (χ3v) is 3.22. The first-order valence-corrected chi connectivity index (χ1v) is 5.89. The highest BCUT2D eigenvalue weighted by molar-refractivity contribution is 9.10. The van der Waals surface area contributed by atoms with Gasteiger partial charge in [0.2, 0.25) is 0 Å². The molecule has 0 aliphatic carbocycles. The molecule has 1 aliphatic rings. The molecule has 1 aromatic rings. The van der Waals surface area contributed by atoms with Gasteiger partial charge in [0.05, 0.1) is 23.5 Å². The van der Waals surface area contributed by atoms with Crippen molar-refractivity contribution in [3.8, 4) is 0 Å². The van der Waals surface area contributed by atoms with Crippen LogP contribution in [0.15, 0.2) is 22.7 Å². The van der Waals surface area contributed by atoms with Gasteiger partial charge in [-0.15, -0.1) is 0 Å². The summed E-state index contributed by atoms with van der Waals surface area (Å²) in [5, 5.41) is 3.42. The van der Waals surface area contributed by atoms with Gasteiger partial charge in [-0.2, -0.15) is 0 Å². The van der Waals surface area contributed by atoms with Crippen molar-refractivity contribution in [2.75, 3.05) is 17.7 Å². The van der Waals surface area contributed by atoms with Gasteiger partial charge in [-0.25, -0.2) is 0 Å². The van der Waals surface area contributed by atoms with Crippen molar-refractivity contribution < 1.29 is 4.74 Å². The van der Waals surface area contributed by atoms with Gasteiger partial charge in [0.15, 0.2) is 0 Å². The van der Waals surface area contributed by atoms with Crippen LogP contribution in [0.1, 0.15) is 13.3 Å². The molecule has 0 amide bonds. The lowest BCUT2D eigenvalue weighted by Gasteiger charge is -2.18. The maximum atomic E-state index is 5.91. The number of nitrogens with one attached hydrogen (secondary N) is 1. The van der Waals surface area contributed by atoms with Crippen molar-refractivity contribution in [3.63, 3.8) is 0 Å². The zero-order valence-corrected chi connectivity index (χ0v) is 10.3. The molecule has 1 heterocycles. The lowest BCUT2D eigenvalue weighted by Crippen LogP contribution is -2.27. The van der Waals surface area contributed by atoms with E-state index >= 15 is 0 Å². The molecule has 3 N–H and O–H groups in total. The van der Waals surface area contributed by atoms with E-state index in [4.69, 9.17) is 10.5 Å². The first-order valence-electron chi connectivity index (χ1n) is 5.10. The Labute approximate surface area is 98.1 Å². The molecular weight excluding hydrogens is 256 g/mol. The summed E-state index contributed by atoms with van der Waals surface area (Å²) in [6.45, 7) is 2.91. The predicted molar refractivity (Wildman–Crippen MR) is 66.0 cm³/mol. The van der Waals surface area contributed by atoms with Crippen LogP contribution in [0, 0.1) is 0 Å². The maximum Gasteiger partial charge on any atom is 0.0748 e. The number of ether oxygens (including phenoxy) is 1. The number of hydrogen-bond donors (Lipinski definition) is 2. The van der Waals surface area contributed by atoms with Crippen LogP contribution in [0.25, 0.3) is 0 Å². The number of nitrogens with two attached hydrogens (primary N) is 1.